The number of sulfonamides is 1. The molecule has 7 heteroatoms. The third-order valence-electron chi connectivity index (χ3n) is 4.22. The van der Waals surface area contributed by atoms with E-state index in [1.54, 1.807) is 24.3 Å². The summed E-state index contributed by atoms with van der Waals surface area (Å²) in [6.07, 6.45) is 0. The first-order valence-electron chi connectivity index (χ1n) is 7.82. The summed E-state index contributed by atoms with van der Waals surface area (Å²) in [7, 11) is -3.79. The zero-order chi connectivity index (χ0) is 18.3. The second kappa shape index (κ2) is 6.28. The van der Waals surface area contributed by atoms with Gasteiger partial charge in [-0.3, -0.25) is 9.59 Å². The van der Waals surface area contributed by atoms with E-state index >= 15 is 0 Å². The molecule has 0 spiro atoms. The Hall–Kier alpha value is -2.61. The zero-order valence-corrected chi connectivity index (χ0v) is 15.1. The van der Waals surface area contributed by atoms with Crippen molar-refractivity contribution in [3.63, 3.8) is 0 Å². The molecule has 0 aliphatic heterocycles. The number of hydrogen-bond acceptors (Lipinski definition) is 5. The lowest BCUT2D eigenvalue weighted by Crippen LogP contribution is -2.25. The number of ketones is 2. The molecular weight excluding hydrogens is 370 g/mol. The molecule has 130 valence electrons. The number of rotatable bonds is 4. The summed E-state index contributed by atoms with van der Waals surface area (Å²) in [5, 5.41) is 1.87. The highest BCUT2D eigenvalue weighted by Crippen LogP contribution is 2.29. The quantitative estimate of drug-likeness (QED) is 0.587. The first-order chi connectivity index (χ1) is 12.5. The van der Waals surface area contributed by atoms with Crippen LogP contribution in [-0.2, 0) is 16.6 Å². The Kier molecular flexibility index (Phi) is 4.07. The molecule has 0 amide bonds. The third kappa shape index (κ3) is 2.80. The standard InChI is InChI=1S/C19H13NO4S2/c21-18-14-5-1-2-6-15(14)19(22)17-10-13(7-8-16(17)18)26(23,24)20-11-12-4-3-9-25-12/h1-10,20H,11H2. The Morgan fingerprint density at radius 1 is 0.808 bits per heavy atom. The van der Waals surface area contributed by atoms with Crippen molar-refractivity contribution in [3.8, 4) is 0 Å². The summed E-state index contributed by atoms with van der Waals surface area (Å²) < 4.78 is 27.6. The fourth-order valence-electron chi connectivity index (χ4n) is 2.91. The molecule has 1 heterocycles. The van der Waals surface area contributed by atoms with Gasteiger partial charge in [0.15, 0.2) is 11.6 Å². The van der Waals surface area contributed by atoms with Gasteiger partial charge < -0.3 is 0 Å². The number of nitrogens with one attached hydrogen (secondary N) is 1. The molecule has 0 fully saturated rings. The van der Waals surface area contributed by atoms with Gasteiger partial charge in [0.05, 0.1) is 4.90 Å². The van der Waals surface area contributed by atoms with Gasteiger partial charge in [0.25, 0.3) is 0 Å². The van der Waals surface area contributed by atoms with Crippen LogP contribution in [0.1, 0.15) is 36.7 Å². The van der Waals surface area contributed by atoms with Crippen molar-refractivity contribution in [1.29, 1.82) is 0 Å². The minimum absolute atomic E-state index is 0.0339. The van der Waals surface area contributed by atoms with Gasteiger partial charge in [0, 0.05) is 33.7 Å². The molecule has 1 aliphatic rings. The number of hydrogen-bond donors (Lipinski definition) is 1. The van der Waals surface area contributed by atoms with Gasteiger partial charge in [-0.1, -0.05) is 30.3 Å². The lowest BCUT2D eigenvalue weighted by atomic mass is 9.84. The van der Waals surface area contributed by atoms with Gasteiger partial charge in [-0.05, 0) is 29.6 Å². The number of carbonyl (C=O) groups is 2. The topological polar surface area (TPSA) is 80.3 Å². The van der Waals surface area contributed by atoms with Crippen LogP contribution in [0, 0.1) is 0 Å². The molecule has 1 N–H and O–H groups in total. The predicted molar refractivity (Wildman–Crippen MR) is 98.1 cm³/mol. The van der Waals surface area contributed by atoms with Crippen LogP contribution in [-0.4, -0.2) is 20.0 Å². The smallest absolute Gasteiger partial charge is 0.240 e. The van der Waals surface area contributed by atoms with Crippen LogP contribution in [0.15, 0.2) is 64.9 Å². The van der Waals surface area contributed by atoms with Crippen LogP contribution in [0.5, 0.6) is 0 Å². The molecule has 5 nitrogen and oxygen atoms in total. The van der Waals surface area contributed by atoms with E-state index in [0.717, 1.165) is 4.88 Å². The minimum atomic E-state index is -3.79. The lowest BCUT2D eigenvalue weighted by Gasteiger charge is -2.18. The number of thiophene rings is 1. The Labute approximate surface area is 154 Å². The van der Waals surface area contributed by atoms with Crippen molar-refractivity contribution in [3.05, 3.63) is 87.1 Å². The molecule has 4 rings (SSSR count). The zero-order valence-electron chi connectivity index (χ0n) is 13.4. The molecule has 26 heavy (non-hydrogen) atoms. The highest BCUT2D eigenvalue weighted by molar-refractivity contribution is 7.89. The van der Waals surface area contributed by atoms with Crippen LogP contribution >= 0.6 is 11.3 Å². The van der Waals surface area contributed by atoms with Gasteiger partial charge in [-0.25, -0.2) is 13.1 Å². The summed E-state index contributed by atoms with van der Waals surface area (Å²) in [5.74, 6) is -0.615. The molecule has 0 bridgehead atoms. The van der Waals surface area contributed by atoms with Crippen molar-refractivity contribution in [2.45, 2.75) is 11.4 Å². The highest BCUT2D eigenvalue weighted by atomic mass is 32.2. The molecular formula is C19H13NO4S2. The second-order valence-electron chi connectivity index (χ2n) is 5.82. The van der Waals surface area contributed by atoms with Crippen molar-refractivity contribution < 1.29 is 18.0 Å². The Morgan fingerprint density at radius 3 is 2.12 bits per heavy atom. The summed E-state index contributed by atoms with van der Waals surface area (Å²) >= 11 is 1.45. The van der Waals surface area contributed by atoms with Crippen LogP contribution < -0.4 is 4.72 Å². The second-order valence-corrected chi connectivity index (χ2v) is 8.61. The summed E-state index contributed by atoms with van der Waals surface area (Å²) in [6.45, 7) is 0.173. The molecule has 1 aromatic heterocycles. The molecule has 0 atom stereocenters. The van der Waals surface area contributed by atoms with Crippen LogP contribution in [0.2, 0.25) is 0 Å². The maximum absolute atomic E-state index is 12.7. The van der Waals surface area contributed by atoms with E-state index < -0.39 is 10.0 Å². The fourth-order valence-corrected chi connectivity index (χ4v) is 4.68. The van der Waals surface area contributed by atoms with Gasteiger partial charge in [0.2, 0.25) is 10.0 Å². The molecule has 2 aromatic carbocycles. The van der Waals surface area contributed by atoms with E-state index in [9.17, 15) is 18.0 Å². The maximum atomic E-state index is 12.7. The van der Waals surface area contributed by atoms with Crippen molar-refractivity contribution in [2.75, 3.05) is 0 Å². The molecule has 0 saturated heterocycles. The van der Waals surface area contributed by atoms with Crippen molar-refractivity contribution in [1.82, 2.24) is 4.72 Å². The summed E-state index contributed by atoms with van der Waals surface area (Å²) in [4.78, 5) is 26.1. The number of fused-ring (bicyclic) bond motifs is 2. The predicted octanol–water partition coefficient (Wildman–Crippen LogP) is 3.00. The molecule has 3 aromatic rings. The van der Waals surface area contributed by atoms with E-state index in [1.165, 1.54) is 29.5 Å². The van der Waals surface area contributed by atoms with Crippen LogP contribution in [0.3, 0.4) is 0 Å². The van der Waals surface area contributed by atoms with Crippen molar-refractivity contribution >= 4 is 32.9 Å². The lowest BCUT2D eigenvalue weighted by molar-refractivity contribution is 0.0979. The van der Waals surface area contributed by atoms with E-state index in [0.29, 0.717) is 11.1 Å². The first-order valence-corrected chi connectivity index (χ1v) is 10.2. The molecule has 0 unspecified atom stereocenters. The van der Waals surface area contributed by atoms with Gasteiger partial charge in [-0.15, -0.1) is 11.3 Å². The first kappa shape index (κ1) is 16.8. The van der Waals surface area contributed by atoms with E-state index in [2.05, 4.69) is 4.72 Å². The summed E-state index contributed by atoms with van der Waals surface area (Å²) in [5.41, 5.74) is 0.987. The third-order valence-corrected chi connectivity index (χ3v) is 6.50. The minimum Gasteiger partial charge on any atom is -0.289 e. The van der Waals surface area contributed by atoms with E-state index in [-0.39, 0.29) is 34.1 Å². The fraction of sp³-hybridized carbons (Fsp3) is 0.0526. The average Bonchev–Trinajstić information content (AvgIpc) is 3.18. The van der Waals surface area contributed by atoms with Gasteiger partial charge in [0.1, 0.15) is 0 Å². The Morgan fingerprint density at radius 2 is 1.46 bits per heavy atom. The van der Waals surface area contributed by atoms with Gasteiger partial charge >= 0.3 is 0 Å². The highest BCUT2D eigenvalue weighted by Gasteiger charge is 2.30. The maximum Gasteiger partial charge on any atom is 0.240 e. The van der Waals surface area contributed by atoms with Crippen molar-refractivity contribution in [2.24, 2.45) is 0 Å². The average molecular weight is 383 g/mol. The largest absolute Gasteiger partial charge is 0.289 e. The van der Waals surface area contributed by atoms with E-state index in [1.807, 2.05) is 17.5 Å². The monoisotopic (exact) mass is 383 g/mol. The summed E-state index contributed by atoms with van der Waals surface area (Å²) in [6, 6.07) is 14.3. The normalized spacial score (nSPS) is 13.4. The molecule has 1 aliphatic carbocycles. The van der Waals surface area contributed by atoms with Gasteiger partial charge in [-0.2, -0.15) is 0 Å². The number of benzene rings is 2. The van der Waals surface area contributed by atoms with Crippen LogP contribution in [0.25, 0.3) is 0 Å². The molecule has 0 saturated carbocycles. The Bertz CT molecular complexity index is 1130. The number of carbonyl (C=O) groups excluding carboxylic acids is 2. The SMILES string of the molecule is O=C1c2ccccc2C(=O)c2cc(S(=O)(=O)NCc3cccs3)ccc21. The van der Waals surface area contributed by atoms with E-state index in [4.69, 9.17) is 0 Å². The molecule has 0 radical (unpaired) electrons. The van der Waals surface area contributed by atoms with Crippen LogP contribution in [0.4, 0.5) is 0 Å². The Balaban J connectivity index is 1.71.